The summed E-state index contributed by atoms with van der Waals surface area (Å²) in [6.45, 7) is 9.54. The molecule has 0 unspecified atom stereocenters. The summed E-state index contributed by atoms with van der Waals surface area (Å²) < 4.78 is 7.34. The van der Waals surface area contributed by atoms with E-state index in [0.29, 0.717) is 82.0 Å². The molecule has 5 fully saturated rings. The molecule has 7 heterocycles. The van der Waals surface area contributed by atoms with Crippen LogP contribution in [0.15, 0.2) is 127 Å². The van der Waals surface area contributed by atoms with Gasteiger partial charge in [0.05, 0.1) is 50.7 Å². The Balaban J connectivity index is 0.923. The van der Waals surface area contributed by atoms with Crippen LogP contribution in [0.1, 0.15) is 61.3 Å². The van der Waals surface area contributed by atoms with Gasteiger partial charge in [-0.1, -0.05) is 79.7 Å². The van der Waals surface area contributed by atoms with Crippen LogP contribution in [0.4, 0.5) is 28.4 Å². The summed E-state index contributed by atoms with van der Waals surface area (Å²) in [6.07, 6.45) is 2.22. The van der Waals surface area contributed by atoms with Crippen LogP contribution in [0.3, 0.4) is 0 Å². The summed E-state index contributed by atoms with van der Waals surface area (Å²) in [5.41, 5.74) is 3.86. The van der Waals surface area contributed by atoms with Crippen LogP contribution < -0.4 is 35.1 Å². The number of carbonyl (C=O) groups excluding carboxylic acids is 4. The topological polar surface area (TPSA) is 161 Å². The van der Waals surface area contributed by atoms with Gasteiger partial charge in [-0.15, -0.1) is 0 Å². The molecule has 390 valence electrons. The third-order valence-electron chi connectivity index (χ3n) is 18.0. The Morgan fingerprint density at radius 2 is 1.23 bits per heavy atom. The lowest BCUT2D eigenvalue weighted by Gasteiger charge is -2.39. The molecular weight excluding hydrogens is 961 g/mol. The van der Waals surface area contributed by atoms with Crippen LogP contribution >= 0.6 is 0 Å². The van der Waals surface area contributed by atoms with E-state index in [-0.39, 0.29) is 43.2 Å². The molecule has 0 radical (unpaired) electrons. The average molecular weight is 1030 g/mol. The number of fused-ring (bicyclic) bond motifs is 3. The molecule has 7 aliphatic heterocycles. The van der Waals surface area contributed by atoms with Crippen molar-refractivity contribution in [1.29, 1.82) is 0 Å². The van der Waals surface area contributed by atoms with E-state index in [1.54, 1.807) is 9.80 Å². The fourth-order valence-electron chi connectivity index (χ4n) is 14.3. The number of para-hydroxylation sites is 2. The van der Waals surface area contributed by atoms with Gasteiger partial charge in [0, 0.05) is 46.3 Å². The first kappa shape index (κ1) is 49.5. The second-order valence-electron chi connectivity index (χ2n) is 22.5. The van der Waals surface area contributed by atoms with Gasteiger partial charge in [0.15, 0.2) is 13.9 Å². The zero-order valence-corrected chi connectivity index (χ0v) is 44.2. The Bertz CT molecular complexity index is 3020. The van der Waals surface area contributed by atoms with Crippen LogP contribution in [-0.4, -0.2) is 116 Å². The Hall–Kier alpha value is -6.40. The van der Waals surface area contributed by atoms with E-state index in [0.717, 1.165) is 46.8 Å². The van der Waals surface area contributed by atoms with Gasteiger partial charge in [0.1, 0.15) is 11.1 Å². The monoisotopic (exact) mass is 1030 g/mol. The van der Waals surface area contributed by atoms with Crippen LogP contribution in [0.25, 0.3) is 0 Å². The molecule has 0 saturated carbocycles. The lowest BCUT2D eigenvalue weighted by atomic mass is 9.82. The second-order valence-corrected chi connectivity index (χ2v) is 26.5. The number of carbonyl (C=O) groups is 4. The number of ether oxygens (including phenoxy) is 1. The third kappa shape index (κ3) is 8.01. The molecule has 5 saturated heterocycles. The van der Waals surface area contributed by atoms with Gasteiger partial charge >= 0.3 is 0 Å². The first-order chi connectivity index (χ1) is 36.3. The predicted molar refractivity (Wildman–Crippen MR) is 292 cm³/mol. The first-order valence-corrected chi connectivity index (χ1v) is 29.9. The fraction of sp³-hybridized carbons (Fsp3) is 0.424. The third-order valence-corrected chi connectivity index (χ3v) is 20.5. The normalized spacial score (nSPS) is 26.1. The summed E-state index contributed by atoms with van der Waals surface area (Å²) in [6, 6.07) is 41.5. The van der Waals surface area contributed by atoms with Crippen molar-refractivity contribution >= 4 is 60.4 Å². The minimum Gasteiger partial charge on any atom is -0.432 e. The lowest BCUT2D eigenvalue weighted by molar-refractivity contribution is -0.151. The minimum absolute atomic E-state index is 0.000544. The van der Waals surface area contributed by atoms with Crippen LogP contribution in [-0.2, 0) is 49.0 Å². The maximum atomic E-state index is 16.0. The van der Waals surface area contributed by atoms with Crippen molar-refractivity contribution in [1.82, 2.24) is 15.5 Å². The summed E-state index contributed by atoms with van der Waals surface area (Å²) in [7, 11) is -3.23. The number of benzene rings is 5. The molecule has 75 heavy (non-hydrogen) atoms. The van der Waals surface area contributed by atoms with Gasteiger partial charge in [0.2, 0.25) is 5.91 Å². The zero-order valence-electron chi connectivity index (χ0n) is 43.2. The van der Waals surface area contributed by atoms with E-state index in [2.05, 4.69) is 44.7 Å². The SMILES string of the molecule is C[C@H]1[C@H]([Si](C)(C)O)[C@@H](CC(=O)N2Cc3ccccc3C[C@H]2CO)O[C@]12C(=O)N(Cc1cccc(N3CN(c4ccccc4)C4(CCNCC4)C3=O)c1)c1ccc(N3CN(c4ccccc4)C4(CCNCC4)C3=O)cc12. The highest BCUT2D eigenvalue weighted by atomic mass is 28.4. The number of aliphatic hydroxyl groups excluding tert-OH is 1. The van der Waals surface area contributed by atoms with Gasteiger partial charge in [0.25, 0.3) is 17.7 Å². The molecule has 5 aromatic carbocycles. The van der Waals surface area contributed by atoms with Gasteiger partial charge in [-0.2, -0.15) is 0 Å². The number of anilines is 5. The summed E-state index contributed by atoms with van der Waals surface area (Å²) in [5, 5.41) is 17.5. The predicted octanol–water partition coefficient (Wildman–Crippen LogP) is 6.23. The van der Waals surface area contributed by atoms with Crippen LogP contribution in [0.5, 0.6) is 0 Å². The fourth-order valence-corrected chi connectivity index (χ4v) is 16.8. The largest absolute Gasteiger partial charge is 0.432 e. The highest BCUT2D eigenvalue weighted by Gasteiger charge is 2.67. The molecule has 0 aromatic heterocycles. The molecule has 4 N–H and O–H groups in total. The number of piperidine rings is 2. The van der Waals surface area contributed by atoms with E-state index in [1.807, 2.05) is 133 Å². The van der Waals surface area contributed by atoms with Gasteiger partial charge in [-0.05, 0) is 143 Å². The Kier molecular flexibility index (Phi) is 12.5. The minimum atomic E-state index is -3.23. The van der Waals surface area contributed by atoms with E-state index < -0.39 is 48.6 Å². The van der Waals surface area contributed by atoms with E-state index in [9.17, 15) is 19.5 Å². The number of nitrogens with zero attached hydrogens (tertiary/aromatic N) is 6. The Labute approximate surface area is 440 Å². The maximum Gasteiger partial charge on any atom is 0.264 e. The van der Waals surface area contributed by atoms with Crippen molar-refractivity contribution in [3.8, 4) is 0 Å². The number of nitrogens with one attached hydrogen (secondary N) is 2. The van der Waals surface area contributed by atoms with Gasteiger partial charge in [-0.3, -0.25) is 29.0 Å². The summed E-state index contributed by atoms with van der Waals surface area (Å²) in [5.74, 6) is -1.05. The molecule has 12 rings (SSSR count). The number of amides is 4. The van der Waals surface area contributed by atoms with Crippen LogP contribution in [0.2, 0.25) is 18.6 Å². The molecule has 0 bridgehead atoms. The molecule has 16 heteroatoms. The molecular formula is C59H68N8O7Si. The van der Waals surface area contributed by atoms with E-state index >= 15 is 9.59 Å². The second kappa shape index (κ2) is 19.0. The Morgan fingerprint density at radius 1 is 0.680 bits per heavy atom. The van der Waals surface area contributed by atoms with Crippen molar-refractivity contribution in [2.75, 3.05) is 70.6 Å². The number of hydrogen-bond donors (Lipinski definition) is 4. The van der Waals surface area contributed by atoms with Crippen molar-refractivity contribution in [2.24, 2.45) is 5.92 Å². The number of aliphatic hydroxyl groups is 1. The van der Waals surface area contributed by atoms with E-state index in [1.165, 1.54) is 0 Å². The molecule has 7 aliphatic rings. The van der Waals surface area contributed by atoms with Gasteiger partial charge < -0.3 is 44.9 Å². The summed E-state index contributed by atoms with van der Waals surface area (Å²) in [4.78, 5) is 84.8. The number of rotatable bonds is 10. The molecule has 5 aromatic rings. The van der Waals surface area contributed by atoms with E-state index in [4.69, 9.17) is 4.74 Å². The lowest BCUT2D eigenvalue weighted by Crippen LogP contribution is -2.55. The van der Waals surface area contributed by atoms with Crippen molar-refractivity contribution in [2.45, 2.75) is 106 Å². The smallest absolute Gasteiger partial charge is 0.264 e. The van der Waals surface area contributed by atoms with Crippen molar-refractivity contribution < 1.29 is 33.8 Å². The summed E-state index contributed by atoms with van der Waals surface area (Å²) >= 11 is 0. The molecule has 0 aliphatic carbocycles. The van der Waals surface area contributed by atoms with Crippen molar-refractivity contribution in [3.63, 3.8) is 0 Å². The maximum absolute atomic E-state index is 16.0. The molecule has 5 atom stereocenters. The number of hydrogen-bond acceptors (Lipinski definition) is 11. The molecule has 3 spiro atoms. The first-order valence-electron chi connectivity index (χ1n) is 26.9. The quantitative estimate of drug-likeness (QED) is 0.118. The van der Waals surface area contributed by atoms with Crippen molar-refractivity contribution in [3.05, 3.63) is 150 Å². The standard InChI is InChI=1S/C59H68N8O7Si/c1-40-53(75(2,3)73)51(34-52(69)62-36-43-15-11-10-14-42(43)32-48(62)37-68)74-59(40)49-33-47(65-39-67(45-18-8-5-9-19-45)58(55(65)71)25-29-61-30-26-58)21-22-50(49)63(56(59)72)35-41-13-12-20-46(31-41)64-38-66(44-16-6-4-7-17-44)57(54(64)70)23-27-60-28-24-57/h4-22,31,33,40,48,51,53,60-61,68,73H,23-30,32,34-39H2,1-3H3/t40-,48-,51+,53-,59+/m0/s1. The van der Waals surface area contributed by atoms with Gasteiger partial charge in [-0.25, -0.2) is 0 Å². The Morgan fingerprint density at radius 3 is 1.80 bits per heavy atom. The highest BCUT2D eigenvalue weighted by molar-refractivity contribution is 6.71. The van der Waals surface area contributed by atoms with Crippen LogP contribution in [0, 0.1) is 5.92 Å². The molecule has 4 amide bonds. The molecule has 15 nitrogen and oxygen atoms in total. The average Bonchev–Trinajstić information content (AvgIpc) is 4.07. The zero-order chi connectivity index (χ0) is 51.9. The highest BCUT2D eigenvalue weighted by Crippen LogP contribution is 2.61.